The third kappa shape index (κ3) is 2.58. The summed E-state index contributed by atoms with van der Waals surface area (Å²) in [6, 6.07) is 9.64. The van der Waals surface area contributed by atoms with Crippen LogP contribution in [0.5, 0.6) is 0 Å². The Kier molecular flexibility index (Phi) is 3.59. The maximum atomic E-state index is 12.6. The van der Waals surface area contributed by atoms with Gasteiger partial charge in [0.05, 0.1) is 18.0 Å². The molecule has 24 heavy (non-hydrogen) atoms. The quantitative estimate of drug-likeness (QED) is 0.925. The molecule has 6 heteroatoms. The second-order valence-electron chi connectivity index (χ2n) is 6.48. The first-order chi connectivity index (χ1) is 11.6. The van der Waals surface area contributed by atoms with Crippen molar-refractivity contribution in [2.24, 2.45) is 11.8 Å². The van der Waals surface area contributed by atoms with E-state index in [1.807, 2.05) is 37.3 Å². The average molecular weight is 325 g/mol. The Morgan fingerprint density at radius 2 is 2.12 bits per heavy atom. The van der Waals surface area contributed by atoms with Gasteiger partial charge in [-0.1, -0.05) is 18.2 Å². The van der Waals surface area contributed by atoms with E-state index in [1.165, 1.54) is 0 Å². The molecule has 2 aromatic rings. The summed E-state index contributed by atoms with van der Waals surface area (Å²) in [6.45, 7) is 3.66. The van der Waals surface area contributed by atoms with Crippen LogP contribution in [0, 0.1) is 18.8 Å². The maximum absolute atomic E-state index is 12.6. The fraction of sp³-hybridized carbons (Fsp3) is 0.389. The SMILES string of the molecule is Cc1oc(-c2ccccc2)nc1CC(=O)N1C[C@@H]2CNC(=O)[C@@H]2C1. The van der Waals surface area contributed by atoms with E-state index >= 15 is 0 Å². The largest absolute Gasteiger partial charge is 0.441 e. The predicted molar refractivity (Wildman–Crippen MR) is 86.9 cm³/mol. The summed E-state index contributed by atoms with van der Waals surface area (Å²) in [4.78, 5) is 30.6. The molecule has 1 aromatic carbocycles. The molecule has 0 spiro atoms. The number of oxazole rings is 1. The van der Waals surface area contributed by atoms with Crippen molar-refractivity contribution in [2.75, 3.05) is 19.6 Å². The number of carbonyl (C=O) groups excluding carboxylic acids is 2. The number of fused-ring (bicyclic) bond motifs is 1. The minimum absolute atomic E-state index is 0.00760. The lowest BCUT2D eigenvalue weighted by Gasteiger charge is -2.16. The lowest BCUT2D eigenvalue weighted by atomic mass is 10.0. The molecule has 0 bridgehead atoms. The Bertz CT molecular complexity index is 784. The van der Waals surface area contributed by atoms with Gasteiger partial charge < -0.3 is 14.6 Å². The number of amides is 2. The minimum Gasteiger partial charge on any atom is -0.441 e. The first-order valence-corrected chi connectivity index (χ1v) is 8.19. The molecule has 2 atom stereocenters. The molecule has 0 unspecified atom stereocenters. The first kappa shape index (κ1) is 14.9. The van der Waals surface area contributed by atoms with E-state index in [9.17, 15) is 9.59 Å². The van der Waals surface area contributed by atoms with Gasteiger partial charge in [-0.2, -0.15) is 0 Å². The van der Waals surface area contributed by atoms with Gasteiger partial charge in [-0.05, 0) is 19.1 Å². The van der Waals surface area contributed by atoms with Crippen LogP contribution in [0.1, 0.15) is 11.5 Å². The first-order valence-electron chi connectivity index (χ1n) is 8.19. The number of hydrogen-bond donors (Lipinski definition) is 1. The summed E-state index contributed by atoms with van der Waals surface area (Å²) < 4.78 is 5.71. The Hall–Kier alpha value is -2.63. The average Bonchev–Trinajstić information content (AvgIpc) is 3.26. The topological polar surface area (TPSA) is 75.4 Å². The van der Waals surface area contributed by atoms with E-state index in [-0.39, 0.29) is 30.1 Å². The molecule has 2 aliphatic heterocycles. The van der Waals surface area contributed by atoms with E-state index in [0.717, 1.165) is 5.56 Å². The van der Waals surface area contributed by atoms with Crippen molar-refractivity contribution < 1.29 is 14.0 Å². The summed E-state index contributed by atoms with van der Waals surface area (Å²) in [5, 5.41) is 2.86. The van der Waals surface area contributed by atoms with E-state index in [2.05, 4.69) is 10.3 Å². The van der Waals surface area contributed by atoms with Crippen LogP contribution in [-0.4, -0.2) is 41.3 Å². The summed E-state index contributed by atoms with van der Waals surface area (Å²) in [5.41, 5.74) is 1.56. The summed E-state index contributed by atoms with van der Waals surface area (Å²) >= 11 is 0. The van der Waals surface area contributed by atoms with Crippen molar-refractivity contribution in [3.05, 3.63) is 41.8 Å². The highest BCUT2D eigenvalue weighted by Gasteiger charge is 2.43. The number of nitrogens with one attached hydrogen (secondary N) is 1. The van der Waals surface area contributed by atoms with Gasteiger partial charge in [-0.25, -0.2) is 4.98 Å². The number of benzene rings is 1. The Morgan fingerprint density at radius 1 is 1.33 bits per heavy atom. The second kappa shape index (κ2) is 5.78. The molecule has 1 aromatic heterocycles. The Balaban J connectivity index is 1.47. The van der Waals surface area contributed by atoms with Gasteiger partial charge in [0.2, 0.25) is 17.7 Å². The molecular formula is C18H19N3O3. The van der Waals surface area contributed by atoms with Crippen LogP contribution in [-0.2, 0) is 16.0 Å². The van der Waals surface area contributed by atoms with Gasteiger partial charge in [0.25, 0.3) is 0 Å². The van der Waals surface area contributed by atoms with E-state index < -0.39 is 0 Å². The summed E-state index contributed by atoms with van der Waals surface area (Å²) in [7, 11) is 0. The third-order valence-electron chi connectivity index (χ3n) is 4.90. The molecule has 0 radical (unpaired) electrons. The molecule has 2 saturated heterocycles. The van der Waals surface area contributed by atoms with Crippen LogP contribution in [0.3, 0.4) is 0 Å². The number of likely N-dealkylation sites (tertiary alicyclic amines) is 1. The van der Waals surface area contributed by atoms with Crippen LogP contribution in [0.4, 0.5) is 0 Å². The van der Waals surface area contributed by atoms with Crippen molar-refractivity contribution in [3.63, 3.8) is 0 Å². The predicted octanol–water partition coefficient (Wildman–Crippen LogP) is 1.40. The van der Waals surface area contributed by atoms with Crippen molar-refractivity contribution in [1.82, 2.24) is 15.2 Å². The molecule has 6 nitrogen and oxygen atoms in total. The normalized spacial score (nSPS) is 22.5. The highest BCUT2D eigenvalue weighted by atomic mass is 16.4. The second-order valence-corrected chi connectivity index (χ2v) is 6.48. The molecule has 4 rings (SSSR count). The smallest absolute Gasteiger partial charge is 0.228 e. The number of nitrogens with zero attached hydrogens (tertiary/aromatic N) is 2. The monoisotopic (exact) mass is 325 g/mol. The van der Waals surface area contributed by atoms with E-state index in [1.54, 1.807) is 4.90 Å². The summed E-state index contributed by atoms with van der Waals surface area (Å²) in [5.74, 6) is 1.48. The zero-order valence-electron chi connectivity index (χ0n) is 13.5. The molecule has 0 aliphatic carbocycles. The van der Waals surface area contributed by atoms with Crippen LogP contribution in [0.25, 0.3) is 11.5 Å². The fourth-order valence-corrected chi connectivity index (χ4v) is 3.49. The summed E-state index contributed by atoms with van der Waals surface area (Å²) in [6.07, 6.45) is 0.212. The number of aryl methyl sites for hydroxylation is 1. The molecule has 0 saturated carbocycles. The van der Waals surface area contributed by atoms with Crippen LogP contribution in [0.2, 0.25) is 0 Å². The zero-order chi connectivity index (χ0) is 16.7. The minimum atomic E-state index is -0.0489. The molecule has 1 N–H and O–H groups in total. The number of hydrogen-bond acceptors (Lipinski definition) is 4. The number of aromatic nitrogens is 1. The van der Waals surface area contributed by atoms with Crippen molar-refractivity contribution >= 4 is 11.8 Å². The molecule has 124 valence electrons. The highest BCUT2D eigenvalue weighted by molar-refractivity contribution is 5.85. The molecule has 3 heterocycles. The van der Waals surface area contributed by atoms with Gasteiger partial charge in [0.15, 0.2) is 0 Å². The van der Waals surface area contributed by atoms with Gasteiger partial charge >= 0.3 is 0 Å². The lowest BCUT2D eigenvalue weighted by molar-refractivity contribution is -0.130. The lowest BCUT2D eigenvalue weighted by Crippen LogP contribution is -2.34. The van der Waals surface area contributed by atoms with Gasteiger partial charge in [-0.15, -0.1) is 0 Å². The van der Waals surface area contributed by atoms with E-state index in [0.29, 0.717) is 37.0 Å². The number of rotatable bonds is 3. The molecule has 2 amide bonds. The molecule has 2 fully saturated rings. The maximum Gasteiger partial charge on any atom is 0.228 e. The fourth-order valence-electron chi connectivity index (χ4n) is 3.49. The standard InChI is InChI=1S/C18H19N3O3/c1-11-15(20-18(24-11)12-5-3-2-4-6-12)7-16(22)21-9-13-8-19-17(23)14(13)10-21/h2-6,13-14H,7-10H2,1H3,(H,19,23)/t13-,14+/m0/s1. The van der Waals surface area contributed by atoms with Crippen molar-refractivity contribution in [3.8, 4) is 11.5 Å². The van der Waals surface area contributed by atoms with Crippen molar-refractivity contribution in [2.45, 2.75) is 13.3 Å². The number of carbonyl (C=O) groups is 2. The van der Waals surface area contributed by atoms with Gasteiger partial charge in [-0.3, -0.25) is 9.59 Å². The van der Waals surface area contributed by atoms with E-state index in [4.69, 9.17) is 4.42 Å². The van der Waals surface area contributed by atoms with Gasteiger partial charge in [0.1, 0.15) is 5.76 Å². The molecule has 2 aliphatic rings. The third-order valence-corrected chi connectivity index (χ3v) is 4.90. The van der Waals surface area contributed by atoms with Crippen LogP contribution in [0.15, 0.2) is 34.7 Å². The van der Waals surface area contributed by atoms with Crippen LogP contribution >= 0.6 is 0 Å². The Labute approximate surface area is 139 Å². The highest BCUT2D eigenvalue weighted by Crippen LogP contribution is 2.28. The Morgan fingerprint density at radius 3 is 2.88 bits per heavy atom. The van der Waals surface area contributed by atoms with Crippen molar-refractivity contribution in [1.29, 1.82) is 0 Å². The van der Waals surface area contributed by atoms with Crippen LogP contribution < -0.4 is 5.32 Å². The molecular weight excluding hydrogens is 306 g/mol. The zero-order valence-corrected chi connectivity index (χ0v) is 13.5. The van der Waals surface area contributed by atoms with Gasteiger partial charge in [0, 0.05) is 31.1 Å².